The van der Waals surface area contributed by atoms with E-state index in [0.717, 1.165) is 29.0 Å². The Labute approximate surface area is 118 Å². The van der Waals surface area contributed by atoms with Crippen LogP contribution >= 0.6 is 27.5 Å². The van der Waals surface area contributed by atoms with Gasteiger partial charge in [0.15, 0.2) is 0 Å². The second kappa shape index (κ2) is 7.40. The molecule has 1 aromatic carbocycles. The van der Waals surface area contributed by atoms with E-state index in [9.17, 15) is 0 Å². The van der Waals surface area contributed by atoms with E-state index >= 15 is 0 Å². The van der Waals surface area contributed by atoms with Gasteiger partial charge < -0.3 is 5.32 Å². The summed E-state index contributed by atoms with van der Waals surface area (Å²) < 4.78 is 1.04. The summed E-state index contributed by atoms with van der Waals surface area (Å²) in [5.74, 6) is 1.29. The fourth-order valence-electron chi connectivity index (χ4n) is 1.81. The van der Waals surface area contributed by atoms with Gasteiger partial charge in [0.1, 0.15) is 0 Å². The average Bonchev–Trinajstić information content (AvgIpc) is 2.29. The molecule has 0 aliphatic carbocycles. The third-order valence-electron chi connectivity index (χ3n) is 3.24. The summed E-state index contributed by atoms with van der Waals surface area (Å²) in [6.07, 6.45) is 1.04. The van der Waals surface area contributed by atoms with Crippen molar-refractivity contribution in [3.8, 4) is 0 Å². The van der Waals surface area contributed by atoms with E-state index in [1.807, 2.05) is 6.07 Å². The van der Waals surface area contributed by atoms with Crippen molar-refractivity contribution in [2.45, 2.75) is 27.2 Å². The van der Waals surface area contributed by atoms with Crippen LogP contribution < -0.4 is 5.32 Å². The van der Waals surface area contributed by atoms with E-state index in [-0.39, 0.29) is 0 Å². The summed E-state index contributed by atoms with van der Waals surface area (Å²) in [5.41, 5.74) is 1.24. The SMILES string of the molecule is CCNCC(C)C(C)Cc1ccc(Br)cc1Cl. The lowest BCUT2D eigenvalue weighted by Gasteiger charge is -2.20. The summed E-state index contributed by atoms with van der Waals surface area (Å²) in [4.78, 5) is 0. The summed E-state index contributed by atoms with van der Waals surface area (Å²) in [7, 11) is 0. The van der Waals surface area contributed by atoms with Crippen LogP contribution in [0.1, 0.15) is 26.3 Å². The molecule has 1 aromatic rings. The molecule has 1 nitrogen and oxygen atoms in total. The van der Waals surface area contributed by atoms with Crippen LogP contribution in [0.5, 0.6) is 0 Å². The Bertz CT molecular complexity index is 354. The van der Waals surface area contributed by atoms with Gasteiger partial charge in [-0.2, -0.15) is 0 Å². The van der Waals surface area contributed by atoms with Gasteiger partial charge in [0.05, 0.1) is 0 Å². The summed E-state index contributed by atoms with van der Waals surface area (Å²) in [6.45, 7) is 8.84. The Kier molecular flexibility index (Phi) is 6.53. The Balaban J connectivity index is 2.58. The second-order valence-electron chi connectivity index (χ2n) is 4.70. The molecule has 17 heavy (non-hydrogen) atoms. The first-order chi connectivity index (χ1) is 8.04. The maximum atomic E-state index is 6.24. The molecule has 0 radical (unpaired) electrons. The zero-order valence-electron chi connectivity index (χ0n) is 10.8. The van der Waals surface area contributed by atoms with Gasteiger partial charge in [0.2, 0.25) is 0 Å². The van der Waals surface area contributed by atoms with E-state index in [1.54, 1.807) is 0 Å². The highest BCUT2D eigenvalue weighted by atomic mass is 79.9. The third kappa shape index (κ3) is 4.99. The predicted molar refractivity (Wildman–Crippen MR) is 79.7 cm³/mol. The lowest BCUT2D eigenvalue weighted by molar-refractivity contribution is 0.368. The maximum absolute atomic E-state index is 6.24. The van der Waals surface area contributed by atoms with Gasteiger partial charge in [0, 0.05) is 9.50 Å². The molecule has 2 atom stereocenters. The third-order valence-corrected chi connectivity index (χ3v) is 4.09. The number of hydrogen-bond acceptors (Lipinski definition) is 1. The van der Waals surface area contributed by atoms with Gasteiger partial charge >= 0.3 is 0 Å². The van der Waals surface area contributed by atoms with Gasteiger partial charge in [-0.15, -0.1) is 0 Å². The number of nitrogens with one attached hydrogen (secondary N) is 1. The van der Waals surface area contributed by atoms with Crippen molar-refractivity contribution in [2.24, 2.45) is 11.8 Å². The van der Waals surface area contributed by atoms with Crippen molar-refractivity contribution in [3.05, 3.63) is 33.3 Å². The second-order valence-corrected chi connectivity index (χ2v) is 6.02. The number of hydrogen-bond donors (Lipinski definition) is 1. The molecule has 1 N–H and O–H groups in total. The van der Waals surface area contributed by atoms with Crippen molar-refractivity contribution >= 4 is 27.5 Å². The van der Waals surface area contributed by atoms with Crippen molar-refractivity contribution in [2.75, 3.05) is 13.1 Å². The molecule has 2 unspecified atom stereocenters. The van der Waals surface area contributed by atoms with Crippen LogP contribution in [0.25, 0.3) is 0 Å². The van der Waals surface area contributed by atoms with E-state index in [2.05, 4.69) is 54.2 Å². The van der Waals surface area contributed by atoms with Crippen LogP contribution in [-0.2, 0) is 6.42 Å². The fraction of sp³-hybridized carbons (Fsp3) is 0.571. The number of benzene rings is 1. The van der Waals surface area contributed by atoms with E-state index < -0.39 is 0 Å². The first-order valence-corrected chi connectivity index (χ1v) is 7.36. The Morgan fingerprint density at radius 1 is 1.29 bits per heavy atom. The van der Waals surface area contributed by atoms with Crippen LogP contribution in [-0.4, -0.2) is 13.1 Å². The van der Waals surface area contributed by atoms with Crippen LogP contribution in [0.3, 0.4) is 0 Å². The molecule has 0 aromatic heterocycles. The Hall–Kier alpha value is -0.0500. The van der Waals surface area contributed by atoms with Gasteiger partial charge in [0.25, 0.3) is 0 Å². The predicted octanol–water partition coefficient (Wildman–Crippen LogP) is 4.53. The van der Waals surface area contributed by atoms with Gasteiger partial charge in [-0.05, 0) is 49.0 Å². The van der Waals surface area contributed by atoms with Crippen molar-refractivity contribution < 1.29 is 0 Å². The first kappa shape index (κ1) is 15.0. The molecule has 0 bridgehead atoms. The molecule has 0 aliphatic heterocycles. The molecule has 0 aliphatic rings. The molecule has 96 valence electrons. The number of rotatable bonds is 6. The van der Waals surface area contributed by atoms with E-state index in [0.29, 0.717) is 11.8 Å². The fourth-order valence-corrected chi connectivity index (χ4v) is 2.56. The maximum Gasteiger partial charge on any atom is 0.0449 e. The molecule has 1 rings (SSSR count). The van der Waals surface area contributed by atoms with Crippen molar-refractivity contribution in [1.82, 2.24) is 5.32 Å². The van der Waals surface area contributed by atoms with Crippen LogP contribution in [0.15, 0.2) is 22.7 Å². The normalized spacial score (nSPS) is 14.6. The standard InChI is InChI=1S/C14H21BrClN/c1-4-17-9-11(3)10(2)7-12-5-6-13(15)8-14(12)16/h5-6,8,10-11,17H,4,7,9H2,1-3H3. The van der Waals surface area contributed by atoms with Crippen molar-refractivity contribution in [3.63, 3.8) is 0 Å². The highest BCUT2D eigenvalue weighted by Crippen LogP contribution is 2.25. The molecule has 0 spiro atoms. The smallest absolute Gasteiger partial charge is 0.0449 e. The molecule has 0 saturated carbocycles. The van der Waals surface area contributed by atoms with Gasteiger partial charge in [-0.3, -0.25) is 0 Å². The molecule has 0 heterocycles. The minimum Gasteiger partial charge on any atom is -0.317 e. The van der Waals surface area contributed by atoms with Crippen LogP contribution in [0.2, 0.25) is 5.02 Å². The van der Waals surface area contributed by atoms with Gasteiger partial charge in [-0.1, -0.05) is 54.4 Å². The molecule has 0 saturated heterocycles. The minimum atomic E-state index is 0.632. The lowest BCUT2D eigenvalue weighted by Crippen LogP contribution is -2.25. The molecular weight excluding hydrogens is 298 g/mol. The first-order valence-electron chi connectivity index (χ1n) is 6.19. The summed E-state index contributed by atoms with van der Waals surface area (Å²) >= 11 is 9.67. The summed E-state index contributed by atoms with van der Waals surface area (Å²) in [5, 5.41) is 4.26. The molecule has 3 heteroatoms. The number of halogens is 2. The quantitative estimate of drug-likeness (QED) is 0.812. The van der Waals surface area contributed by atoms with Gasteiger partial charge in [-0.25, -0.2) is 0 Å². The Morgan fingerprint density at radius 2 is 2.00 bits per heavy atom. The molecule has 0 amide bonds. The monoisotopic (exact) mass is 317 g/mol. The molecule has 0 fully saturated rings. The zero-order chi connectivity index (χ0) is 12.8. The zero-order valence-corrected chi connectivity index (χ0v) is 13.1. The summed E-state index contributed by atoms with van der Waals surface area (Å²) in [6, 6.07) is 6.14. The van der Waals surface area contributed by atoms with E-state index in [4.69, 9.17) is 11.6 Å². The minimum absolute atomic E-state index is 0.632. The highest BCUT2D eigenvalue weighted by molar-refractivity contribution is 9.10. The largest absolute Gasteiger partial charge is 0.317 e. The van der Waals surface area contributed by atoms with Crippen molar-refractivity contribution in [1.29, 1.82) is 0 Å². The topological polar surface area (TPSA) is 12.0 Å². The van der Waals surface area contributed by atoms with E-state index in [1.165, 1.54) is 5.56 Å². The Morgan fingerprint density at radius 3 is 2.59 bits per heavy atom. The van der Waals surface area contributed by atoms with Crippen LogP contribution in [0, 0.1) is 11.8 Å². The molecular formula is C14H21BrClN. The van der Waals surface area contributed by atoms with Crippen LogP contribution in [0.4, 0.5) is 0 Å². The lowest BCUT2D eigenvalue weighted by atomic mass is 9.89. The highest BCUT2D eigenvalue weighted by Gasteiger charge is 2.14. The average molecular weight is 319 g/mol.